The summed E-state index contributed by atoms with van der Waals surface area (Å²) in [5.74, 6) is 0. The van der Waals surface area contributed by atoms with Gasteiger partial charge in [0.1, 0.15) is 5.03 Å². The van der Waals surface area contributed by atoms with Gasteiger partial charge in [-0.25, -0.2) is 9.97 Å². The van der Waals surface area contributed by atoms with E-state index >= 15 is 0 Å². The summed E-state index contributed by atoms with van der Waals surface area (Å²) in [6, 6.07) is 10.1. The van der Waals surface area contributed by atoms with Crippen molar-refractivity contribution in [3.63, 3.8) is 0 Å². The molecule has 2 rings (SSSR count). The minimum absolute atomic E-state index is 0.284. The third kappa shape index (κ3) is 2.94. The zero-order valence-electron chi connectivity index (χ0n) is 8.14. The second-order valence-corrected chi connectivity index (χ2v) is 4.51. The van der Waals surface area contributed by atoms with Crippen molar-refractivity contribution < 1.29 is 0 Å². The van der Waals surface area contributed by atoms with Gasteiger partial charge in [0.25, 0.3) is 0 Å². The van der Waals surface area contributed by atoms with E-state index in [4.69, 9.17) is 11.6 Å². The Kier molecular flexibility index (Phi) is 3.23. The monoisotopic (exact) mass is 236 g/mol. The molecule has 0 unspecified atom stereocenters. The molecule has 0 atom stereocenters. The summed E-state index contributed by atoms with van der Waals surface area (Å²) in [7, 11) is 0. The topological polar surface area (TPSA) is 25.8 Å². The van der Waals surface area contributed by atoms with Crippen LogP contribution in [0.1, 0.15) is 5.56 Å². The van der Waals surface area contributed by atoms with E-state index in [1.165, 1.54) is 5.56 Å². The van der Waals surface area contributed by atoms with Crippen molar-refractivity contribution in [1.82, 2.24) is 9.97 Å². The largest absolute Gasteiger partial charge is 0.226 e. The van der Waals surface area contributed by atoms with Crippen molar-refractivity contribution in [3.8, 4) is 0 Å². The molecule has 76 valence electrons. The molecule has 2 aromatic rings. The van der Waals surface area contributed by atoms with Gasteiger partial charge in [-0.3, -0.25) is 0 Å². The molecule has 1 aromatic carbocycles. The maximum atomic E-state index is 5.70. The first-order valence-corrected chi connectivity index (χ1v) is 5.66. The van der Waals surface area contributed by atoms with E-state index in [1.54, 1.807) is 18.0 Å². The molecular formula is C11H9ClN2S. The summed E-state index contributed by atoms with van der Waals surface area (Å²) in [5, 5.41) is 1.14. The van der Waals surface area contributed by atoms with Crippen LogP contribution in [-0.2, 0) is 0 Å². The summed E-state index contributed by atoms with van der Waals surface area (Å²) in [6.45, 7) is 2.07. The number of halogens is 1. The van der Waals surface area contributed by atoms with Gasteiger partial charge in [-0.05, 0) is 36.7 Å². The number of aromatic nitrogens is 2. The van der Waals surface area contributed by atoms with Crippen LogP contribution in [0.25, 0.3) is 0 Å². The summed E-state index contributed by atoms with van der Waals surface area (Å²) >= 11 is 7.28. The summed E-state index contributed by atoms with van der Waals surface area (Å²) < 4.78 is 0. The number of hydrogen-bond acceptors (Lipinski definition) is 3. The molecule has 0 saturated heterocycles. The average Bonchev–Trinajstić information content (AvgIpc) is 2.22. The lowest BCUT2D eigenvalue weighted by Crippen LogP contribution is -1.83. The van der Waals surface area contributed by atoms with Crippen molar-refractivity contribution in [1.29, 1.82) is 0 Å². The van der Waals surface area contributed by atoms with Crippen LogP contribution in [0.4, 0.5) is 0 Å². The van der Waals surface area contributed by atoms with E-state index in [1.807, 2.05) is 6.07 Å². The lowest BCUT2D eigenvalue weighted by Gasteiger charge is -2.00. The van der Waals surface area contributed by atoms with E-state index in [0.29, 0.717) is 0 Å². The molecular weight excluding hydrogens is 228 g/mol. The van der Waals surface area contributed by atoms with Gasteiger partial charge in [-0.1, -0.05) is 29.5 Å². The molecule has 1 aromatic heterocycles. The highest BCUT2D eigenvalue weighted by Gasteiger charge is 1.99. The lowest BCUT2D eigenvalue weighted by molar-refractivity contribution is 1.05. The smallest absolute Gasteiger partial charge is 0.223 e. The molecule has 0 spiro atoms. The number of rotatable bonds is 2. The number of benzene rings is 1. The maximum Gasteiger partial charge on any atom is 0.223 e. The molecule has 0 N–H and O–H groups in total. The maximum absolute atomic E-state index is 5.70. The Hall–Kier alpha value is -1.06. The molecule has 4 heteroatoms. The lowest BCUT2D eigenvalue weighted by atomic mass is 10.2. The molecule has 0 fully saturated rings. The van der Waals surface area contributed by atoms with Gasteiger partial charge in [0.05, 0.1) is 0 Å². The molecule has 0 amide bonds. The minimum atomic E-state index is 0.284. The molecule has 0 aliphatic carbocycles. The van der Waals surface area contributed by atoms with Crippen LogP contribution in [0.15, 0.2) is 46.5 Å². The molecule has 0 aliphatic heterocycles. The Balaban J connectivity index is 2.18. The van der Waals surface area contributed by atoms with Gasteiger partial charge < -0.3 is 0 Å². The predicted octanol–water partition coefficient (Wildman–Crippen LogP) is 3.59. The summed E-state index contributed by atoms with van der Waals surface area (Å²) in [5.41, 5.74) is 1.25. The van der Waals surface area contributed by atoms with E-state index in [-0.39, 0.29) is 5.28 Å². The molecule has 0 bridgehead atoms. The third-order valence-corrected chi connectivity index (χ3v) is 2.97. The fraction of sp³-hybridized carbons (Fsp3) is 0.0909. The SMILES string of the molecule is Cc1ccc(Sc2ccnc(Cl)n2)cc1. The summed E-state index contributed by atoms with van der Waals surface area (Å²) in [6.07, 6.45) is 1.66. The molecule has 0 saturated carbocycles. The fourth-order valence-corrected chi connectivity index (χ4v) is 2.08. The molecule has 2 nitrogen and oxygen atoms in total. The Morgan fingerprint density at radius 1 is 1.13 bits per heavy atom. The van der Waals surface area contributed by atoms with Crippen molar-refractivity contribution in [2.45, 2.75) is 16.8 Å². The quantitative estimate of drug-likeness (QED) is 0.589. The van der Waals surface area contributed by atoms with Crippen LogP contribution in [0.5, 0.6) is 0 Å². The van der Waals surface area contributed by atoms with Crippen molar-refractivity contribution in [2.75, 3.05) is 0 Å². The zero-order chi connectivity index (χ0) is 10.7. The molecule has 1 heterocycles. The number of nitrogens with zero attached hydrogens (tertiary/aromatic N) is 2. The van der Waals surface area contributed by atoms with Crippen LogP contribution in [0.3, 0.4) is 0 Å². The first-order chi connectivity index (χ1) is 7.24. The molecule has 15 heavy (non-hydrogen) atoms. The van der Waals surface area contributed by atoms with Crippen LogP contribution in [0, 0.1) is 6.92 Å². The third-order valence-electron chi connectivity index (χ3n) is 1.84. The molecule has 0 aliphatic rings. The minimum Gasteiger partial charge on any atom is -0.226 e. The Morgan fingerprint density at radius 2 is 1.87 bits per heavy atom. The summed E-state index contributed by atoms with van der Waals surface area (Å²) in [4.78, 5) is 9.09. The zero-order valence-corrected chi connectivity index (χ0v) is 9.72. The first-order valence-electron chi connectivity index (χ1n) is 4.47. The molecule has 0 radical (unpaired) electrons. The van der Waals surface area contributed by atoms with Crippen LogP contribution in [-0.4, -0.2) is 9.97 Å². The van der Waals surface area contributed by atoms with Crippen molar-refractivity contribution in [2.24, 2.45) is 0 Å². The predicted molar refractivity (Wildman–Crippen MR) is 62.3 cm³/mol. The highest BCUT2D eigenvalue weighted by Crippen LogP contribution is 2.26. The van der Waals surface area contributed by atoms with Gasteiger partial charge in [0.2, 0.25) is 5.28 Å². The van der Waals surface area contributed by atoms with E-state index < -0.39 is 0 Å². The number of hydrogen-bond donors (Lipinski definition) is 0. The van der Waals surface area contributed by atoms with E-state index in [0.717, 1.165) is 9.92 Å². The van der Waals surface area contributed by atoms with Crippen LogP contribution >= 0.6 is 23.4 Å². The van der Waals surface area contributed by atoms with Gasteiger partial charge in [0, 0.05) is 11.1 Å². The number of aryl methyl sites for hydroxylation is 1. The van der Waals surface area contributed by atoms with Gasteiger partial charge in [-0.2, -0.15) is 0 Å². The van der Waals surface area contributed by atoms with Gasteiger partial charge >= 0.3 is 0 Å². The Morgan fingerprint density at radius 3 is 2.53 bits per heavy atom. The van der Waals surface area contributed by atoms with Crippen molar-refractivity contribution in [3.05, 3.63) is 47.4 Å². The van der Waals surface area contributed by atoms with E-state index in [9.17, 15) is 0 Å². The second kappa shape index (κ2) is 4.64. The first kappa shape index (κ1) is 10.5. The van der Waals surface area contributed by atoms with Crippen LogP contribution < -0.4 is 0 Å². The van der Waals surface area contributed by atoms with Gasteiger partial charge in [0.15, 0.2) is 0 Å². The Bertz CT molecular complexity index is 456. The second-order valence-electron chi connectivity index (χ2n) is 3.08. The normalized spacial score (nSPS) is 10.3. The Labute approximate surface area is 97.7 Å². The highest BCUT2D eigenvalue weighted by molar-refractivity contribution is 7.99. The van der Waals surface area contributed by atoms with E-state index in [2.05, 4.69) is 41.2 Å². The average molecular weight is 237 g/mol. The fourth-order valence-electron chi connectivity index (χ4n) is 1.10. The van der Waals surface area contributed by atoms with Crippen molar-refractivity contribution >= 4 is 23.4 Å². The highest BCUT2D eigenvalue weighted by atomic mass is 35.5. The standard InChI is InChI=1S/C11H9ClN2S/c1-8-2-4-9(5-3-8)15-10-6-7-13-11(12)14-10/h2-7H,1H3. The van der Waals surface area contributed by atoms with Gasteiger partial charge in [-0.15, -0.1) is 0 Å². The van der Waals surface area contributed by atoms with Crippen LogP contribution in [0.2, 0.25) is 5.28 Å².